The van der Waals surface area contributed by atoms with Gasteiger partial charge in [0.25, 0.3) is 0 Å². The number of benzene rings is 2. The zero-order chi connectivity index (χ0) is 20.0. The first-order valence-corrected chi connectivity index (χ1v) is 9.89. The van der Waals surface area contributed by atoms with Gasteiger partial charge in [0, 0.05) is 5.56 Å². The molecule has 0 unspecified atom stereocenters. The Hall–Kier alpha value is -2.12. The fraction of sp³-hybridized carbons (Fsp3) is 0.0625. The number of phenols is 1. The van der Waals surface area contributed by atoms with Gasteiger partial charge in [-0.1, -0.05) is 0 Å². The Labute approximate surface area is 165 Å². The Morgan fingerprint density at radius 3 is 2.22 bits per heavy atom. The van der Waals surface area contributed by atoms with Crippen molar-refractivity contribution < 1.29 is 26.7 Å². The lowest BCUT2D eigenvalue weighted by Gasteiger charge is -2.09. The van der Waals surface area contributed by atoms with Crippen LogP contribution in [0.4, 0.5) is 13.2 Å². The van der Waals surface area contributed by atoms with Crippen LogP contribution in [0.3, 0.4) is 0 Å². The molecule has 0 saturated carbocycles. The lowest BCUT2D eigenvalue weighted by molar-refractivity contribution is -0.141. The van der Waals surface area contributed by atoms with Crippen molar-refractivity contribution in [1.82, 2.24) is 9.78 Å². The van der Waals surface area contributed by atoms with Gasteiger partial charge in [-0.15, -0.1) is 0 Å². The molecule has 11 heteroatoms. The molecule has 1 aromatic heterocycles. The highest BCUT2D eigenvalue weighted by atomic mass is 125. The maximum absolute atomic E-state index is 13.2. The number of nitrogens with zero attached hydrogens (tertiary/aromatic N) is 2. The lowest BCUT2D eigenvalue weighted by atomic mass is 10.1. The fourth-order valence-electron chi connectivity index (χ4n) is 2.37. The predicted octanol–water partition coefficient (Wildman–Crippen LogP) is 3.52. The minimum Gasteiger partial charge on any atom is -0.507 e. The standard InChI is InChI=1S/C16H11F3IN3O3S/c17-16(18,19)15-8-13(9-1-6-14(24)12(20)7-9)23(22-15)10-2-4-11(5-3-10)27(21,25)26/h1-8,24H,(H2,21,25,26)/i20-2. The molecule has 142 valence electrons. The first-order chi connectivity index (χ1) is 12.5. The Morgan fingerprint density at radius 2 is 1.70 bits per heavy atom. The van der Waals surface area contributed by atoms with Crippen molar-refractivity contribution in [2.45, 2.75) is 11.1 Å². The second kappa shape index (κ2) is 6.80. The molecule has 3 aromatic rings. The van der Waals surface area contributed by atoms with E-state index in [-0.39, 0.29) is 22.0 Å². The Bertz CT molecular complexity index is 1110. The summed E-state index contributed by atoms with van der Waals surface area (Å²) in [7, 11) is -3.93. The van der Waals surface area contributed by atoms with Crippen LogP contribution in [0, 0.1) is 3.57 Å². The van der Waals surface area contributed by atoms with Gasteiger partial charge < -0.3 is 5.11 Å². The quantitative estimate of drug-likeness (QED) is 0.531. The highest BCUT2D eigenvalue weighted by Gasteiger charge is 2.35. The molecule has 0 spiro atoms. The van der Waals surface area contributed by atoms with Crippen LogP contribution in [0.15, 0.2) is 53.4 Å². The summed E-state index contributed by atoms with van der Waals surface area (Å²) in [6, 6.07) is 10.2. The molecule has 0 aliphatic heterocycles. The van der Waals surface area contributed by atoms with Crippen molar-refractivity contribution in [3.8, 4) is 22.7 Å². The number of nitrogens with two attached hydrogens (primary N) is 1. The van der Waals surface area contributed by atoms with Gasteiger partial charge in [-0.2, -0.15) is 18.3 Å². The molecule has 0 fully saturated rings. The third-order valence-electron chi connectivity index (χ3n) is 3.65. The Morgan fingerprint density at radius 1 is 1.07 bits per heavy atom. The molecule has 27 heavy (non-hydrogen) atoms. The van der Waals surface area contributed by atoms with Crippen molar-refractivity contribution >= 4 is 32.6 Å². The molecule has 0 bridgehead atoms. The van der Waals surface area contributed by atoms with Crippen LogP contribution in [0.5, 0.6) is 5.75 Å². The maximum Gasteiger partial charge on any atom is 0.435 e. The van der Waals surface area contributed by atoms with Gasteiger partial charge in [-0.05, 0) is 71.1 Å². The number of alkyl halides is 3. The van der Waals surface area contributed by atoms with Gasteiger partial charge in [0.05, 0.1) is 19.8 Å². The van der Waals surface area contributed by atoms with Crippen LogP contribution >= 0.6 is 22.6 Å². The number of rotatable bonds is 3. The summed E-state index contributed by atoms with van der Waals surface area (Å²) in [5, 5.41) is 18.3. The predicted molar refractivity (Wildman–Crippen MR) is 99.8 cm³/mol. The van der Waals surface area contributed by atoms with Gasteiger partial charge in [0.2, 0.25) is 10.0 Å². The summed E-state index contributed by atoms with van der Waals surface area (Å²) in [5.41, 5.74) is -0.355. The molecule has 0 aliphatic rings. The van der Waals surface area contributed by atoms with Gasteiger partial charge in [-0.25, -0.2) is 18.2 Å². The zero-order valence-corrected chi connectivity index (χ0v) is 16.2. The average Bonchev–Trinajstić information content (AvgIpc) is 3.02. The van der Waals surface area contributed by atoms with Crippen molar-refractivity contribution in [3.05, 3.63) is 57.8 Å². The average molecular weight is 507 g/mol. The zero-order valence-electron chi connectivity index (χ0n) is 13.3. The number of halogens is 4. The van der Waals surface area contributed by atoms with Crippen LogP contribution in [-0.4, -0.2) is 23.3 Å². The lowest BCUT2D eigenvalue weighted by Crippen LogP contribution is -2.12. The molecule has 0 radical (unpaired) electrons. The van der Waals surface area contributed by atoms with Gasteiger partial charge >= 0.3 is 6.18 Å². The van der Waals surface area contributed by atoms with E-state index < -0.39 is 21.9 Å². The second-order valence-electron chi connectivity index (χ2n) is 5.53. The first kappa shape index (κ1) is 19.6. The van der Waals surface area contributed by atoms with E-state index in [1.165, 1.54) is 42.5 Å². The van der Waals surface area contributed by atoms with E-state index in [2.05, 4.69) is 5.10 Å². The maximum atomic E-state index is 13.2. The normalized spacial score (nSPS) is 12.3. The smallest absolute Gasteiger partial charge is 0.435 e. The monoisotopic (exact) mass is 507 g/mol. The third kappa shape index (κ3) is 4.09. The van der Waals surface area contributed by atoms with E-state index >= 15 is 0 Å². The molecular weight excluding hydrogens is 496 g/mol. The van der Waals surface area contributed by atoms with Crippen LogP contribution < -0.4 is 5.14 Å². The van der Waals surface area contributed by atoms with Gasteiger partial charge in [0.15, 0.2) is 5.69 Å². The molecule has 6 nitrogen and oxygen atoms in total. The van der Waals surface area contributed by atoms with E-state index in [1.54, 1.807) is 0 Å². The van der Waals surface area contributed by atoms with Crippen molar-refractivity contribution in [2.24, 2.45) is 5.14 Å². The summed E-state index contributed by atoms with van der Waals surface area (Å²) in [4.78, 5) is -0.171. The number of primary sulfonamides is 1. The minimum atomic E-state index is -4.66. The van der Waals surface area contributed by atoms with Gasteiger partial charge in [-0.3, -0.25) is 0 Å². The number of hydrogen-bond acceptors (Lipinski definition) is 4. The highest BCUT2D eigenvalue weighted by molar-refractivity contribution is 14.1. The SMILES string of the molecule is NS(=O)(=O)c1ccc(-n2nc(C(F)(F)F)cc2-c2ccc(O)c([125I])c2)cc1. The fourth-order valence-corrected chi connectivity index (χ4v) is 3.40. The number of phenolic OH excluding ortho intramolecular Hbond substituents is 1. The van der Waals surface area contributed by atoms with Crippen LogP contribution in [0.25, 0.3) is 16.9 Å². The number of sulfonamides is 1. The topological polar surface area (TPSA) is 98.2 Å². The molecule has 0 saturated heterocycles. The molecule has 0 aliphatic carbocycles. The first-order valence-electron chi connectivity index (χ1n) is 7.26. The second-order valence-corrected chi connectivity index (χ2v) is 8.25. The molecule has 3 rings (SSSR count). The molecule has 0 amide bonds. The molecule has 0 atom stereocenters. The molecule has 1 heterocycles. The third-order valence-corrected chi connectivity index (χ3v) is 5.45. The van der Waals surface area contributed by atoms with E-state index in [9.17, 15) is 26.7 Å². The van der Waals surface area contributed by atoms with Gasteiger partial charge in [0.1, 0.15) is 5.75 Å². The largest absolute Gasteiger partial charge is 0.507 e. The van der Waals surface area contributed by atoms with Crippen LogP contribution in [-0.2, 0) is 16.2 Å². The number of aromatic hydroxyl groups is 1. The molecule has 2 aromatic carbocycles. The Balaban J connectivity index is 2.19. The summed E-state index contributed by atoms with van der Waals surface area (Å²) >= 11 is 1.86. The van der Waals surface area contributed by atoms with E-state index in [0.717, 1.165) is 10.7 Å². The van der Waals surface area contributed by atoms with Crippen molar-refractivity contribution in [3.63, 3.8) is 0 Å². The van der Waals surface area contributed by atoms with E-state index in [0.29, 0.717) is 9.13 Å². The van der Waals surface area contributed by atoms with Crippen LogP contribution in [0.2, 0.25) is 0 Å². The minimum absolute atomic E-state index is 0.000958. The van der Waals surface area contributed by atoms with E-state index in [4.69, 9.17) is 5.14 Å². The summed E-state index contributed by atoms with van der Waals surface area (Å²) in [6.07, 6.45) is -4.66. The Kier molecular flexibility index (Phi) is 4.94. The van der Waals surface area contributed by atoms with Crippen molar-refractivity contribution in [1.29, 1.82) is 0 Å². The van der Waals surface area contributed by atoms with Crippen molar-refractivity contribution in [2.75, 3.05) is 0 Å². The summed E-state index contributed by atoms with van der Waals surface area (Å²) < 4.78 is 63.7. The molecular formula is C16H11F3IN3O3S. The molecule has 3 N–H and O–H groups in total. The summed E-state index contributed by atoms with van der Waals surface area (Å²) in [5.74, 6) is -0.000958. The van der Waals surface area contributed by atoms with Crippen LogP contribution in [0.1, 0.15) is 5.69 Å². The van der Waals surface area contributed by atoms with E-state index in [1.807, 2.05) is 22.6 Å². The number of hydrogen-bond donors (Lipinski definition) is 2. The highest BCUT2D eigenvalue weighted by Crippen LogP contribution is 2.34. The number of aromatic nitrogens is 2. The summed E-state index contributed by atoms with van der Waals surface area (Å²) in [6.45, 7) is 0.